The zero-order chi connectivity index (χ0) is 22.0. The number of thiol groups is 2. The number of hydrogen-bond acceptors (Lipinski definition) is 9. The van der Waals surface area contributed by atoms with Crippen molar-refractivity contribution in [3.05, 3.63) is 29.3 Å². The number of phenols is 1. The Kier molecular flexibility index (Phi) is 10.4. The predicted molar refractivity (Wildman–Crippen MR) is 112 cm³/mol. The number of ether oxygens (including phenoxy) is 2. The van der Waals surface area contributed by atoms with Gasteiger partial charge in [0.15, 0.2) is 0 Å². The third-order valence-corrected chi connectivity index (χ3v) is 4.29. The molecule has 0 saturated carbocycles. The van der Waals surface area contributed by atoms with E-state index in [-0.39, 0.29) is 41.6 Å². The van der Waals surface area contributed by atoms with Gasteiger partial charge in [0, 0.05) is 22.6 Å². The molecule has 1 aromatic rings. The lowest BCUT2D eigenvalue weighted by molar-refractivity contribution is -0.145. The molecular formula is C18H24N2O7S2. The van der Waals surface area contributed by atoms with Crippen LogP contribution in [0.4, 0.5) is 0 Å². The summed E-state index contributed by atoms with van der Waals surface area (Å²) in [5.74, 6) is -3.07. The van der Waals surface area contributed by atoms with Gasteiger partial charge in [0.1, 0.15) is 17.8 Å². The minimum Gasteiger partial charge on any atom is -0.508 e. The van der Waals surface area contributed by atoms with Crippen molar-refractivity contribution < 1.29 is 33.8 Å². The maximum atomic E-state index is 12.4. The number of hydrogen-bond donors (Lipinski definition) is 5. The average molecular weight is 445 g/mol. The van der Waals surface area contributed by atoms with Crippen LogP contribution in [0.5, 0.6) is 5.75 Å². The van der Waals surface area contributed by atoms with Crippen molar-refractivity contribution in [2.45, 2.75) is 25.9 Å². The van der Waals surface area contributed by atoms with Crippen LogP contribution in [0.15, 0.2) is 18.2 Å². The predicted octanol–water partition coefficient (Wildman–Crippen LogP) is 0.575. The molecule has 2 unspecified atom stereocenters. The van der Waals surface area contributed by atoms with E-state index < -0.39 is 35.8 Å². The fraction of sp³-hybridized carbons (Fsp3) is 0.444. The van der Waals surface area contributed by atoms with Crippen LogP contribution in [0, 0.1) is 0 Å². The summed E-state index contributed by atoms with van der Waals surface area (Å²) in [6.07, 6.45) is 0. The molecule has 3 N–H and O–H groups in total. The van der Waals surface area contributed by atoms with Crippen LogP contribution in [0.3, 0.4) is 0 Å². The molecule has 11 heteroatoms. The van der Waals surface area contributed by atoms with Crippen molar-refractivity contribution in [3.8, 4) is 5.75 Å². The topological polar surface area (TPSA) is 131 Å². The summed E-state index contributed by atoms with van der Waals surface area (Å²) in [4.78, 5) is 48.5. The molecular weight excluding hydrogens is 420 g/mol. The Bertz CT molecular complexity index is 699. The van der Waals surface area contributed by atoms with Crippen molar-refractivity contribution in [2.24, 2.45) is 0 Å². The summed E-state index contributed by atoms with van der Waals surface area (Å²) in [5.41, 5.74) is -0.130. The number of nitrogens with one attached hydrogen (secondary N) is 2. The van der Waals surface area contributed by atoms with Gasteiger partial charge in [-0.15, -0.1) is 0 Å². The largest absolute Gasteiger partial charge is 0.508 e. The van der Waals surface area contributed by atoms with Gasteiger partial charge < -0.3 is 25.2 Å². The lowest BCUT2D eigenvalue weighted by Gasteiger charge is -2.17. The highest BCUT2D eigenvalue weighted by Gasteiger charge is 2.24. The molecule has 29 heavy (non-hydrogen) atoms. The Morgan fingerprint density at radius 2 is 1.24 bits per heavy atom. The van der Waals surface area contributed by atoms with Crippen molar-refractivity contribution >= 4 is 49.0 Å². The molecule has 0 spiro atoms. The fourth-order valence-electron chi connectivity index (χ4n) is 2.20. The second-order valence-electron chi connectivity index (χ2n) is 5.69. The SMILES string of the molecule is CCOC(=O)C(CS)NC(=O)c1cc(O)cc(C(=O)NC(CS)C(=O)OCC)c1. The molecule has 2 amide bonds. The maximum Gasteiger partial charge on any atom is 0.329 e. The Balaban J connectivity index is 2.99. The zero-order valence-electron chi connectivity index (χ0n) is 16.0. The summed E-state index contributed by atoms with van der Waals surface area (Å²) in [6, 6.07) is 1.49. The highest BCUT2D eigenvalue weighted by Crippen LogP contribution is 2.16. The van der Waals surface area contributed by atoms with Crippen molar-refractivity contribution in [2.75, 3.05) is 24.7 Å². The number of carbonyl (C=O) groups is 4. The van der Waals surface area contributed by atoms with Gasteiger partial charge >= 0.3 is 11.9 Å². The van der Waals surface area contributed by atoms with E-state index in [1.807, 2.05) is 0 Å². The molecule has 0 aliphatic carbocycles. The average Bonchev–Trinajstić information content (AvgIpc) is 2.69. The first-order valence-corrected chi connectivity index (χ1v) is 10.0. The van der Waals surface area contributed by atoms with Gasteiger partial charge in [0.2, 0.25) is 0 Å². The van der Waals surface area contributed by atoms with E-state index >= 15 is 0 Å². The molecule has 0 fully saturated rings. The number of benzene rings is 1. The number of esters is 2. The van der Waals surface area contributed by atoms with Crippen LogP contribution in [-0.2, 0) is 19.1 Å². The second-order valence-corrected chi connectivity index (χ2v) is 6.42. The van der Waals surface area contributed by atoms with Crippen molar-refractivity contribution in [3.63, 3.8) is 0 Å². The van der Waals surface area contributed by atoms with Gasteiger partial charge in [-0.1, -0.05) is 0 Å². The van der Waals surface area contributed by atoms with Crippen LogP contribution in [0.25, 0.3) is 0 Å². The lowest BCUT2D eigenvalue weighted by atomic mass is 10.1. The van der Waals surface area contributed by atoms with E-state index in [0.29, 0.717) is 0 Å². The lowest BCUT2D eigenvalue weighted by Crippen LogP contribution is -2.44. The highest BCUT2D eigenvalue weighted by atomic mass is 32.1. The molecule has 160 valence electrons. The molecule has 1 rings (SSSR count). The van der Waals surface area contributed by atoms with Gasteiger partial charge in [-0.25, -0.2) is 9.59 Å². The molecule has 0 heterocycles. The fourth-order valence-corrected chi connectivity index (χ4v) is 2.68. The van der Waals surface area contributed by atoms with E-state index in [0.717, 1.165) is 12.1 Å². The Morgan fingerprint density at radius 3 is 1.55 bits per heavy atom. The minimum absolute atomic E-state index is 0.000102. The van der Waals surface area contributed by atoms with E-state index in [2.05, 4.69) is 35.9 Å². The van der Waals surface area contributed by atoms with Gasteiger partial charge in [0.05, 0.1) is 13.2 Å². The first kappa shape index (κ1) is 24.6. The summed E-state index contributed by atoms with van der Waals surface area (Å²) in [6.45, 7) is 3.54. The van der Waals surface area contributed by atoms with Crippen molar-refractivity contribution in [1.29, 1.82) is 0 Å². The summed E-state index contributed by atoms with van der Waals surface area (Å²) < 4.78 is 9.70. The summed E-state index contributed by atoms with van der Waals surface area (Å²) >= 11 is 8.03. The molecule has 0 bridgehead atoms. The van der Waals surface area contributed by atoms with Crippen LogP contribution in [0.1, 0.15) is 34.6 Å². The summed E-state index contributed by atoms with van der Waals surface area (Å²) in [5, 5.41) is 14.7. The van der Waals surface area contributed by atoms with E-state index in [4.69, 9.17) is 9.47 Å². The molecule has 0 aromatic heterocycles. The molecule has 0 aliphatic heterocycles. The summed E-state index contributed by atoms with van der Waals surface area (Å²) in [7, 11) is 0. The van der Waals surface area contributed by atoms with Gasteiger partial charge in [-0.3, -0.25) is 9.59 Å². The third-order valence-electron chi connectivity index (χ3n) is 3.56. The molecule has 1 aromatic carbocycles. The minimum atomic E-state index is -0.997. The third kappa shape index (κ3) is 7.50. The van der Waals surface area contributed by atoms with Gasteiger partial charge in [-0.2, -0.15) is 25.3 Å². The van der Waals surface area contributed by atoms with Crippen LogP contribution in [-0.4, -0.2) is 65.7 Å². The Labute approximate surface area is 179 Å². The Morgan fingerprint density at radius 1 is 0.862 bits per heavy atom. The monoisotopic (exact) mass is 444 g/mol. The number of rotatable bonds is 10. The molecule has 0 saturated heterocycles. The van der Waals surface area contributed by atoms with E-state index in [1.165, 1.54) is 6.07 Å². The number of amides is 2. The normalized spacial score (nSPS) is 12.4. The first-order chi connectivity index (χ1) is 13.8. The van der Waals surface area contributed by atoms with Gasteiger partial charge in [-0.05, 0) is 32.0 Å². The van der Waals surface area contributed by atoms with Crippen molar-refractivity contribution in [1.82, 2.24) is 10.6 Å². The van der Waals surface area contributed by atoms with Gasteiger partial charge in [0.25, 0.3) is 11.8 Å². The second kappa shape index (κ2) is 12.2. The quantitative estimate of drug-likeness (QED) is 0.263. The molecule has 2 atom stereocenters. The highest BCUT2D eigenvalue weighted by molar-refractivity contribution is 7.80. The smallest absolute Gasteiger partial charge is 0.329 e. The van der Waals surface area contributed by atoms with E-state index in [9.17, 15) is 24.3 Å². The zero-order valence-corrected chi connectivity index (χ0v) is 17.8. The maximum absolute atomic E-state index is 12.4. The van der Waals surface area contributed by atoms with Crippen LogP contribution < -0.4 is 10.6 Å². The number of phenolic OH excluding ortho intramolecular Hbond substituents is 1. The molecule has 9 nitrogen and oxygen atoms in total. The standard InChI is InChI=1S/C18H24N2O7S2/c1-3-26-17(24)13(8-28)19-15(22)10-5-11(7-12(21)6-10)16(23)20-14(9-29)18(25)27-4-2/h5-7,13-14,21,28-29H,3-4,8-9H2,1-2H3,(H,19,22)(H,20,23). The molecule has 0 radical (unpaired) electrons. The van der Waals surface area contributed by atoms with Crippen LogP contribution >= 0.6 is 25.3 Å². The number of carbonyl (C=O) groups excluding carboxylic acids is 4. The van der Waals surface area contributed by atoms with E-state index in [1.54, 1.807) is 13.8 Å². The number of aromatic hydroxyl groups is 1. The molecule has 0 aliphatic rings. The van der Waals surface area contributed by atoms with Crippen LogP contribution in [0.2, 0.25) is 0 Å². The first-order valence-electron chi connectivity index (χ1n) is 8.78. The Hall–Kier alpha value is -2.40.